The minimum Gasteiger partial charge on any atom is -0.339 e. The van der Waals surface area contributed by atoms with Crippen LogP contribution in [-0.4, -0.2) is 29.6 Å². The highest BCUT2D eigenvalue weighted by atomic mass is 19.4. The molecule has 0 aliphatic carbocycles. The summed E-state index contributed by atoms with van der Waals surface area (Å²) in [5, 5.41) is 11.0. The number of hydrogen-bond acceptors (Lipinski definition) is 4. The summed E-state index contributed by atoms with van der Waals surface area (Å²) in [7, 11) is 0. The van der Waals surface area contributed by atoms with Crippen molar-refractivity contribution in [2.24, 2.45) is 5.73 Å². The van der Waals surface area contributed by atoms with Crippen molar-refractivity contribution in [3.05, 3.63) is 70.8 Å². The molecule has 2 rings (SSSR count). The second-order valence-corrected chi connectivity index (χ2v) is 5.89. The van der Waals surface area contributed by atoms with Crippen LogP contribution in [0.25, 0.3) is 0 Å². The summed E-state index contributed by atoms with van der Waals surface area (Å²) in [6, 6.07) is 9.52. The number of hydroxylamine groups is 1. The summed E-state index contributed by atoms with van der Waals surface area (Å²) >= 11 is 0. The van der Waals surface area contributed by atoms with E-state index in [2.05, 4.69) is 29.0 Å². The number of hydrogen-bond donors (Lipinski definition) is 4. The summed E-state index contributed by atoms with van der Waals surface area (Å²) in [5.41, 5.74) is 6.94. The Balaban J connectivity index is 0.00000480. The minimum atomic E-state index is -4.44. The zero-order valence-electron chi connectivity index (χ0n) is 15.4. The number of amides is 2. The number of nitrogens with one attached hydrogen (secondary N) is 2. The maximum Gasteiger partial charge on any atom is 0.416 e. The van der Waals surface area contributed by atoms with Gasteiger partial charge < -0.3 is 11.1 Å². The lowest BCUT2D eigenvalue weighted by Crippen LogP contribution is -2.50. The summed E-state index contributed by atoms with van der Waals surface area (Å²) in [6.07, 6.45) is -4.44. The molecule has 0 radical (unpaired) electrons. The fourth-order valence-electron chi connectivity index (χ4n) is 2.24. The highest BCUT2D eigenvalue weighted by molar-refractivity contribution is 5.97. The zero-order chi connectivity index (χ0) is 22.1. The monoisotopic (exact) mass is 431 g/mol. The van der Waals surface area contributed by atoms with Crippen LogP contribution < -0.4 is 16.5 Å². The van der Waals surface area contributed by atoms with E-state index in [9.17, 15) is 22.8 Å². The van der Waals surface area contributed by atoms with Crippen LogP contribution >= 0.6 is 0 Å². The molecule has 0 spiro atoms. The quantitative estimate of drug-likeness (QED) is 0.339. The van der Waals surface area contributed by atoms with Crippen molar-refractivity contribution in [3.63, 3.8) is 0 Å². The van der Waals surface area contributed by atoms with E-state index in [1.807, 2.05) is 0 Å². The van der Waals surface area contributed by atoms with E-state index < -0.39 is 29.6 Å². The van der Waals surface area contributed by atoms with Crippen LogP contribution in [0.5, 0.6) is 0 Å². The first-order valence-electron chi connectivity index (χ1n) is 8.49. The lowest BCUT2D eigenvalue weighted by molar-refractivity contribution is -0.137. The number of rotatable bonds is 4. The molecular weight excluding hydrogens is 411 g/mol. The van der Waals surface area contributed by atoms with Crippen LogP contribution in [0.4, 0.5) is 13.2 Å². The zero-order valence-corrected chi connectivity index (χ0v) is 15.4. The molecule has 0 fully saturated rings. The van der Waals surface area contributed by atoms with Gasteiger partial charge in [-0.05, 0) is 54.3 Å². The third-order valence-electron chi connectivity index (χ3n) is 3.78. The van der Waals surface area contributed by atoms with Crippen LogP contribution in [0, 0.1) is 23.7 Å². The molecule has 1 atom stereocenters. The molecule has 2 aromatic rings. The molecule has 0 aliphatic heterocycles. The molecule has 0 aromatic heterocycles. The second-order valence-electron chi connectivity index (χ2n) is 5.89. The van der Waals surface area contributed by atoms with Gasteiger partial charge in [0, 0.05) is 23.2 Å². The van der Waals surface area contributed by atoms with Gasteiger partial charge in [-0.1, -0.05) is 25.3 Å². The molecule has 0 saturated carbocycles. The van der Waals surface area contributed by atoms with Gasteiger partial charge in [-0.2, -0.15) is 13.2 Å². The first kappa shape index (κ1) is 25.2. The van der Waals surface area contributed by atoms with E-state index >= 15 is 0 Å². The molecule has 0 unspecified atom stereocenters. The van der Waals surface area contributed by atoms with Gasteiger partial charge in [-0.25, -0.2) is 5.48 Å². The molecule has 0 saturated heterocycles. The van der Waals surface area contributed by atoms with Crippen LogP contribution in [0.15, 0.2) is 48.5 Å². The molecule has 31 heavy (non-hydrogen) atoms. The number of alkyl halides is 3. The lowest BCUT2D eigenvalue weighted by atomic mass is 10.1. The van der Waals surface area contributed by atoms with E-state index in [4.69, 9.17) is 10.9 Å². The highest BCUT2D eigenvalue weighted by Crippen LogP contribution is 2.29. The average molecular weight is 431 g/mol. The number of halogens is 3. The summed E-state index contributed by atoms with van der Waals surface area (Å²) in [6.45, 7) is -0.202. The summed E-state index contributed by atoms with van der Waals surface area (Å²) < 4.78 is 38.0. The van der Waals surface area contributed by atoms with E-state index in [0.29, 0.717) is 5.56 Å². The Bertz CT molecular complexity index is 1040. The molecule has 2 amide bonds. The van der Waals surface area contributed by atoms with Gasteiger partial charge >= 0.3 is 6.18 Å². The van der Waals surface area contributed by atoms with E-state index in [0.717, 1.165) is 12.1 Å². The summed E-state index contributed by atoms with van der Waals surface area (Å²) in [4.78, 5) is 23.4. The van der Waals surface area contributed by atoms with Crippen LogP contribution in [-0.2, 0) is 11.0 Å². The van der Waals surface area contributed by atoms with Crippen molar-refractivity contribution in [1.82, 2.24) is 10.8 Å². The van der Waals surface area contributed by atoms with Crippen LogP contribution in [0.2, 0.25) is 0 Å². The largest absolute Gasteiger partial charge is 0.416 e. The second kappa shape index (κ2) is 11.4. The fraction of sp³-hybridized carbons (Fsp3) is 0.182. The third-order valence-corrected chi connectivity index (χ3v) is 3.78. The van der Waals surface area contributed by atoms with E-state index in [-0.39, 0.29) is 25.1 Å². The van der Waals surface area contributed by atoms with Gasteiger partial charge in [0.2, 0.25) is 0 Å². The normalized spacial score (nSPS) is 10.9. The number of carbonyl (C=O) groups excluding carboxylic acids is 2. The molecule has 6 nitrogen and oxygen atoms in total. The van der Waals surface area contributed by atoms with Gasteiger partial charge in [0.25, 0.3) is 11.8 Å². The van der Waals surface area contributed by atoms with Gasteiger partial charge in [0.05, 0.1) is 5.56 Å². The predicted molar refractivity (Wildman–Crippen MR) is 109 cm³/mol. The predicted octanol–water partition coefficient (Wildman–Crippen LogP) is 2.31. The van der Waals surface area contributed by atoms with Crippen molar-refractivity contribution in [2.45, 2.75) is 19.6 Å². The lowest BCUT2D eigenvalue weighted by Gasteiger charge is -2.14. The van der Waals surface area contributed by atoms with Crippen molar-refractivity contribution >= 4 is 11.8 Å². The Kier molecular flexibility index (Phi) is 9.29. The minimum absolute atomic E-state index is 0. The Morgan fingerprint density at radius 1 is 1.03 bits per heavy atom. The Hall–Kier alpha value is -3.79. The Morgan fingerprint density at radius 2 is 1.65 bits per heavy atom. The van der Waals surface area contributed by atoms with Crippen molar-refractivity contribution < 1.29 is 28.0 Å². The molecule has 0 heterocycles. The summed E-state index contributed by atoms with van der Waals surface area (Å²) in [5.74, 6) is 8.85. The highest BCUT2D eigenvalue weighted by Gasteiger charge is 2.30. The molecule has 9 heteroatoms. The van der Waals surface area contributed by atoms with Crippen molar-refractivity contribution in [3.8, 4) is 23.7 Å². The smallest absolute Gasteiger partial charge is 0.339 e. The van der Waals surface area contributed by atoms with Crippen molar-refractivity contribution in [2.75, 3.05) is 6.54 Å². The van der Waals surface area contributed by atoms with Gasteiger partial charge in [-0.15, -0.1) is 0 Å². The first-order valence-corrected chi connectivity index (χ1v) is 8.49. The van der Waals surface area contributed by atoms with E-state index in [1.54, 1.807) is 0 Å². The number of benzene rings is 2. The molecule has 162 valence electrons. The topological polar surface area (TPSA) is 104 Å². The van der Waals surface area contributed by atoms with E-state index in [1.165, 1.54) is 41.9 Å². The van der Waals surface area contributed by atoms with Gasteiger partial charge in [-0.3, -0.25) is 14.8 Å². The maximum absolute atomic E-state index is 12.7. The average Bonchev–Trinajstić information content (AvgIpc) is 2.74. The molecule has 5 N–H and O–H groups in total. The first-order chi connectivity index (χ1) is 14.2. The molecule has 0 aliphatic rings. The fourth-order valence-corrected chi connectivity index (χ4v) is 2.24. The number of nitrogens with two attached hydrogens (primary N) is 1. The van der Waals surface area contributed by atoms with Crippen molar-refractivity contribution in [1.29, 1.82) is 0 Å². The molecule has 0 bridgehead atoms. The standard InChI is InChI=1S/C21H16F3N3O3.CH4/c22-21(23,24)17-7-3-6-15(12-17)5-2-1-4-14-8-10-16(11-9-14)19(28)26-18(13-25)20(29)27-30;/h3,6-12,18,30H,13,25H2,(H,26,28)(H,27,29);1H4/t18-;/m0./s1. The van der Waals surface area contributed by atoms with Crippen LogP contribution in [0.1, 0.15) is 34.5 Å². The van der Waals surface area contributed by atoms with Gasteiger partial charge in [0.15, 0.2) is 0 Å². The SMILES string of the molecule is C.NC[C@H](NC(=O)c1ccc(C#CC#Cc2cccc(C(F)(F)F)c2)cc1)C(=O)NO. The Labute approximate surface area is 177 Å². The van der Waals surface area contributed by atoms with Gasteiger partial charge in [0.1, 0.15) is 6.04 Å². The molecule has 2 aromatic carbocycles. The number of carbonyl (C=O) groups is 2. The maximum atomic E-state index is 12.7. The molecular formula is C22H20F3N3O3. The Morgan fingerprint density at radius 3 is 2.19 bits per heavy atom. The third kappa shape index (κ3) is 7.52. The van der Waals surface area contributed by atoms with Crippen LogP contribution in [0.3, 0.4) is 0 Å².